The lowest BCUT2D eigenvalue weighted by molar-refractivity contribution is -0.00522. The highest BCUT2D eigenvalue weighted by Crippen LogP contribution is 2.26. The van der Waals surface area contributed by atoms with Crippen molar-refractivity contribution in [1.29, 1.82) is 0 Å². The van der Waals surface area contributed by atoms with E-state index in [4.69, 9.17) is 16.3 Å². The number of hydrogen-bond donors (Lipinski definition) is 0. The molecule has 5 heteroatoms. The Morgan fingerprint density at radius 1 is 1.50 bits per heavy atom. The molecule has 0 spiro atoms. The van der Waals surface area contributed by atoms with Crippen LogP contribution in [0.25, 0.3) is 0 Å². The minimum atomic E-state index is 0.265. The van der Waals surface area contributed by atoms with Crippen LogP contribution in [0.15, 0.2) is 5.38 Å². The Labute approximate surface area is 92.7 Å². The first-order valence-corrected chi connectivity index (χ1v) is 5.92. The van der Waals surface area contributed by atoms with E-state index in [1.54, 1.807) is 11.3 Å². The molecule has 1 aromatic heterocycles. The maximum Gasteiger partial charge on any atom is 0.186 e. The van der Waals surface area contributed by atoms with Crippen LogP contribution < -0.4 is 4.90 Å². The summed E-state index contributed by atoms with van der Waals surface area (Å²) in [6, 6.07) is 0. The Bertz CT molecular complexity index is 308. The monoisotopic (exact) mass is 232 g/mol. The predicted octanol–water partition coefficient (Wildman–Crippen LogP) is 2.41. The van der Waals surface area contributed by atoms with Gasteiger partial charge >= 0.3 is 0 Å². The van der Waals surface area contributed by atoms with Crippen molar-refractivity contribution in [2.45, 2.75) is 26.1 Å². The van der Waals surface area contributed by atoms with Gasteiger partial charge in [-0.2, -0.15) is 0 Å². The molecule has 0 bridgehead atoms. The number of aromatic nitrogens is 1. The Hall–Kier alpha value is -0.320. The number of nitrogens with zero attached hydrogens (tertiary/aromatic N) is 2. The van der Waals surface area contributed by atoms with Crippen LogP contribution in [0.2, 0.25) is 5.15 Å². The van der Waals surface area contributed by atoms with Gasteiger partial charge < -0.3 is 9.64 Å². The van der Waals surface area contributed by atoms with Crippen molar-refractivity contribution in [3.63, 3.8) is 0 Å². The molecule has 2 heterocycles. The molecule has 2 rings (SSSR count). The van der Waals surface area contributed by atoms with Gasteiger partial charge in [0.1, 0.15) is 5.15 Å². The zero-order valence-corrected chi connectivity index (χ0v) is 9.81. The van der Waals surface area contributed by atoms with E-state index in [2.05, 4.69) is 23.7 Å². The number of anilines is 1. The summed E-state index contributed by atoms with van der Waals surface area (Å²) in [4.78, 5) is 6.49. The molecule has 1 aliphatic rings. The predicted molar refractivity (Wildman–Crippen MR) is 59.3 cm³/mol. The molecule has 3 nitrogen and oxygen atoms in total. The second kappa shape index (κ2) is 4.04. The Morgan fingerprint density at radius 3 is 2.64 bits per heavy atom. The van der Waals surface area contributed by atoms with Gasteiger partial charge in [-0.05, 0) is 13.8 Å². The van der Waals surface area contributed by atoms with E-state index >= 15 is 0 Å². The second-order valence-corrected chi connectivity index (χ2v) is 4.84. The number of ether oxygens (including phenoxy) is 1. The molecule has 0 saturated carbocycles. The zero-order valence-electron chi connectivity index (χ0n) is 8.24. The maximum absolute atomic E-state index is 5.79. The quantitative estimate of drug-likeness (QED) is 0.744. The smallest absolute Gasteiger partial charge is 0.186 e. The number of hydrogen-bond acceptors (Lipinski definition) is 4. The highest BCUT2D eigenvalue weighted by Gasteiger charge is 2.23. The van der Waals surface area contributed by atoms with E-state index in [1.165, 1.54) is 0 Å². The molecular formula is C9H13ClN2OS. The minimum absolute atomic E-state index is 0.265. The summed E-state index contributed by atoms with van der Waals surface area (Å²) in [6.45, 7) is 5.96. The normalized spacial score (nSPS) is 28.1. The molecule has 0 radical (unpaired) electrons. The van der Waals surface area contributed by atoms with Crippen LogP contribution in [0.5, 0.6) is 0 Å². The summed E-state index contributed by atoms with van der Waals surface area (Å²) in [5.74, 6) is 0. The van der Waals surface area contributed by atoms with Crippen LogP contribution in [0.3, 0.4) is 0 Å². The van der Waals surface area contributed by atoms with Crippen LogP contribution in [0.4, 0.5) is 5.13 Å². The second-order valence-electron chi connectivity index (χ2n) is 3.62. The van der Waals surface area contributed by atoms with Crippen LogP contribution in [-0.2, 0) is 4.74 Å². The van der Waals surface area contributed by atoms with Crippen LogP contribution in [0.1, 0.15) is 13.8 Å². The van der Waals surface area contributed by atoms with Crippen LogP contribution in [-0.4, -0.2) is 30.3 Å². The fraction of sp³-hybridized carbons (Fsp3) is 0.667. The molecule has 1 fully saturated rings. The van der Waals surface area contributed by atoms with E-state index in [1.807, 2.05) is 5.38 Å². The summed E-state index contributed by atoms with van der Waals surface area (Å²) in [5, 5.41) is 3.44. The third kappa shape index (κ3) is 2.19. The first-order valence-electron chi connectivity index (χ1n) is 4.66. The van der Waals surface area contributed by atoms with Gasteiger partial charge in [-0.3, -0.25) is 0 Å². The van der Waals surface area contributed by atoms with Crippen molar-refractivity contribution in [3.05, 3.63) is 10.5 Å². The summed E-state index contributed by atoms with van der Waals surface area (Å²) >= 11 is 7.38. The van der Waals surface area contributed by atoms with Gasteiger partial charge in [0.2, 0.25) is 0 Å². The van der Waals surface area contributed by atoms with Gasteiger partial charge in [0.15, 0.2) is 5.13 Å². The molecule has 14 heavy (non-hydrogen) atoms. The third-order valence-electron chi connectivity index (χ3n) is 2.15. The minimum Gasteiger partial charge on any atom is -0.372 e. The lowest BCUT2D eigenvalue weighted by Gasteiger charge is -2.35. The van der Waals surface area contributed by atoms with Crippen molar-refractivity contribution < 1.29 is 4.74 Å². The summed E-state index contributed by atoms with van der Waals surface area (Å²) < 4.78 is 5.65. The molecule has 0 aromatic carbocycles. The molecule has 1 aliphatic heterocycles. The van der Waals surface area contributed by atoms with Crippen LogP contribution in [0, 0.1) is 0 Å². The number of rotatable bonds is 1. The third-order valence-corrected chi connectivity index (χ3v) is 3.38. The molecule has 0 amide bonds. The Balaban J connectivity index is 2.10. The largest absolute Gasteiger partial charge is 0.372 e. The average Bonchev–Trinajstić information content (AvgIpc) is 2.50. The van der Waals surface area contributed by atoms with Crippen LogP contribution >= 0.6 is 22.9 Å². The van der Waals surface area contributed by atoms with Gasteiger partial charge in [-0.1, -0.05) is 11.6 Å². The highest BCUT2D eigenvalue weighted by molar-refractivity contribution is 7.14. The van der Waals surface area contributed by atoms with Gasteiger partial charge in [-0.25, -0.2) is 4.98 Å². The summed E-state index contributed by atoms with van der Waals surface area (Å²) in [5.41, 5.74) is 0. The first-order chi connectivity index (χ1) is 6.65. The highest BCUT2D eigenvalue weighted by atomic mass is 35.5. The maximum atomic E-state index is 5.79. The van der Waals surface area contributed by atoms with Crippen molar-refractivity contribution in [2.75, 3.05) is 18.0 Å². The van der Waals surface area contributed by atoms with Gasteiger partial charge in [0.25, 0.3) is 0 Å². The van der Waals surface area contributed by atoms with Crippen molar-refractivity contribution in [1.82, 2.24) is 4.98 Å². The van der Waals surface area contributed by atoms with Crippen molar-refractivity contribution in [3.8, 4) is 0 Å². The Kier molecular flexibility index (Phi) is 2.95. The number of halogens is 1. The molecule has 0 N–H and O–H groups in total. The molecular weight excluding hydrogens is 220 g/mol. The van der Waals surface area contributed by atoms with Gasteiger partial charge in [-0.15, -0.1) is 11.3 Å². The Morgan fingerprint density at radius 2 is 2.14 bits per heavy atom. The zero-order chi connectivity index (χ0) is 10.1. The van der Waals surface area contributed by atoms with Crippen molar-refractivity contribution in [2.24, 2.45) is 0 Å². The number of morpholine rings is 1. The molecule has 78 valence electrons. The fourth-order valence-electron chi connectivity index (χ4n) is 1.72. The van der Waals surface area contributed by atoms with E-state index < -0.39 is 0 Å². The molecule has 1 unspecified atom stereocenters. The SMILES string of the molecule is CC1CN(c2nc(Cl)cs2)C[C@H](C)O1. The average molecular weight is 233 g/mol. The fourth-order valence-corrected chi connectivity index (χ4v) is 2.69. The summed E-state index contributed by atoms with van der Waals surface area (Å²) in [7, 11) is 0. The van der Waals surface area contributed by atoms with E-state index in [0.717, 1.165) is 18.2 Å². The topological polar surface area (TPSA) is 25.4 Å². The lowest BCUT2D eigenvalue weighted by atomic mass is 10.2. The van der Waals surface area contributed by atoms with Gasteiger partial charge in [0, 0.05) is 18.5 Å². The van der Waals surface area contributed by atoms with E-state index in [9.17, 15) is 0 Å². The first kappa shape index (κ1) is 10.2. The molecule has 1 aromatic rings. The molecule has 0 aliphatic carbocycles. The number of thiazole rings is 1. The van der Waals surface area contributed by atoms with Crippen molar-refractivity contribution >= 4 is 28.1 Å². The standard InChI is InChI=1S/C9H13ClN2OS/c1-6-3-12(4-7(2)13-6)9-11-8(10)5-14-9/h5-7H,3-4H2,1-2H3/t6-,7?/m0/s1. The van der Waals surface area contributed by atoms with E-state index in [0.29, 0.717) is 5.15 Å². The molecule has 1 saturated heterocycles. The summed E-state index contributed by atoms with van der Waals surface area (Å²) in [6.07, 6.45) is 0.530. The van der Waals surface area contributed by atoms with Gasteiger partial charge in [0.05, 0.1) is 12.2 Å². The lowest BCUT2D eigenvalue weighted by Crippen LogP contribution is -2.45. The van der Waals surface area contributed by atoms with E-state index in [-0.39, 0.29) is 12.2 Å². The molecule has 2 atom stereocenters.